The number of fused-ring (bicyclic) bond motifs is 1. The zero-order valence-electron chi connectivity index (χ0n) is 9.53. The van der Waals surface area contributed by atoms with E-state index < -0.39 is 0 Å². The van der Waals surface area contributed by atoms with Gasteiger partial charge < -0.3 is 16.8 Å². The highest BCUT2D eigenvalue weighted by molar-refractivity contribution is 5.88. The van der Waals surface area contributed by atoms with Crippen LogP contribution in [0.3, 0.4) is 0 Å². The second-order valence-corrected chi connectivity index (χ2v) is 4.11. The van der Waals surface area contributed by atoms with Gasteiger partial charge in [-0.15, -0.1) is 0 Å². The van der Waals surface area contributed by atoms with Gasteiger partial charge in [-0.1, -0.05) is 0 Å². The summed E-state index contributed by atoms with van der Waals surface area (Å²) in [4.78, 5) is 10.8. The van der Waals surface area contributed by atoms with Crippen LogP contribution in [0.5, 0.6) is 0 Å². The minimum absolute atomic E-state index is 0.0600. The molecule has 0 radical (unpaired) electrons. The number of nitrogens with two attached hydrogens (primary N) is 2. The number of nitrogens with one attached hydrogen (secondary N) is 2. The Morgan fingerprint density at radius 2 is 2.35 bits per heavy atom. The summed E-state index contributed by atoms with van der Waals surface area (Å²) >= 11 is 0. The van der Waals surface area contributed by atoms with Crippen molar-refractivity contribution >= 4 is 28.2 Å². The highest BCUT2D eigenvalue weighted by Crippen LogP contribution is 2.25. The van der Waals surface area contributed by atoms with Crippen LogP contribution in [-0.2, 0) is 4.79 Å². The molecule has 1 amide bonds. The first kappa shape index (κ1) is 11.3. The number of H-pyrrole nitrogens is 1. The predicted octanol–water partition coefficient (Wildman–Crippen LogP) is 0.821. The molecule has 1 unspecified atom stereocenters. The maximum absolute atomic E-state index is 10.8. The van der Waals surface area contributed by atoms with Crippen LogP contribution in [0.4, 0.5) is 11.4 Å². The number of hydrogen-bond acceptors (Lipinski definition) is 4. The number of aromatic amines is 1. The van der Waals surface area contributed by atoms with Crippen molar-refractivity contribution in [1.29, 1.82) is 0 Å². The molecule has 17 heavy (non-hydrogen) atoms. The van der Waals surface area contributed by atoms with Gasteiger partial charge in [0, 0.05) is 17.8 Å². The van der Waals surface area contributed by atoms with E-state index in [9.17, 15) is 4.79 Å². The van der Waals surface area contributed by atoms with E-state index in [1.54, 1.807) is 6.20 Å². The van der Waals surface area contributed by atoms with E-state index in [4.69, 9.17) is 11.5 Å². The number of carbonyl (C=O) groups excluding carboxylic acids is 1. The van der Waals surface area contributed by atoms with Gasteiger partial charge in [0.2, 0.25) is 5.91 Å². The fraction of sp³-hybridized carbons (Fsp3) is 0.273. The number of rotatable bonds is 4. The first-order chi connectivity index (χ1) is 8.06. The third-order valence-electron chi connectivity index (χ3n) is 2.52. The summed E-state index contributed by atoms with van der Waals surface area (Å²) in [6.45, 7) is 1.88. The van der Waals surface area contributed by atoms with Crippen LogP contribution < -0.4 is 16.8 Å². The number of carbonyl (C=O) groups is 1. The summed E-state index contributed by atoms with van der Waals surface area (Å²) in [5.41, 5.74) is 13.3. The lowest BCUT2D eigenvalue weighted by Crippen LogP contribution is -2.24. The molecule has 0 spiro atoms. The third-order valence-corrected chi connectivity index (χ3v) is 2.52. The maximum atomic E-state index is 10.8. The monoisotopic (exact) mass is 233 g/mol. The van der Waals surface area contributed by atoms with Gasteiger partial charge in [-0.25, -0.2) is 0 Å². The fourth-order valence-corrected chi connectivity index (χ4v) is 1.75. The summed E-state index contributed by atoms with van der Waals surface area (Å²) in [6, 6.07) is 3.64. The van der Waals surface area contributed by atoms with Crippen molar-refractivity contribution in [3.63, 3.8) is 0 Å². The molecule has 1 aromatic heterocycles. The largest absolute Gasteiger partial charge is 0.397 e. The number of aromatic nitrogens is 2. The second-order valence-electron chi connectivity index (χ2n) is 4.11. The number of benzene rings is 1. The summed E-state index contributed by atoms with van der Waals surface area (Å²) in [6.07, 6.45) is 1.97. The minimum Gasteiger partial charge on any atom is -0.397 e. The lowest BCUT2D eigenvalue weighted by Gasteiger charge is -2.15. The Kier molecular flexibility index (Phi) is 2.86. The van der Waals surface area contributed by atoms with Gasteiger partial charge in [-0.05, 0) is 19.1 Å². The molecule has 6 heteroatoms. The molecule has 0 saturated heterocycles. The summed E-state index contributed by atoms with van der Waals surface area (Å²) in [5.74, 6) is -0.341. The van der Waals surface area contributed by atoms with Crippen LogP contribution >= 0.6 is 0 Å². The van der Waals surface area contributed by atoms with Crippen molar-refractivity contribution in [2.45, 2.75) is 19.4 Å². The maximum Gasteiger partial charge on any atom is 0.219 e. The molecule has 0 aliphatic heterocycles. The van der Waals surface area contributed by atoms with Gasteiger partial charge in [0.25, 0.3) is 0 Å². The number of anilines is 2. The number of primary amides is 1. The molecular weight excluding hydrogens is 218 g/mol. The molecule has 2 aromatic rings. The van der Waals surface area contributed by atoms with Gasteiger partial charge in [0.05, 0.1) is 23.1 Å². The average molecular weight is 233 g/mol. The first-order valence-corrected chi connectivity index (χ1v) is 5.33. The Hall–Kier alpha value is -2.24. The molecule has 90 valence electrons. The Morgan fingerprint density at radius 3 is 3.06 bits per heavy atom. The summed E-state index contributed by atoms with van der Waals surface area (Å²) in [7, 11) is 0. The standard InChI is InChI=1S/C11H15N5O/c1-6(2-11(13)17)15-10-4-9-7(3-8(10)12)5-14-16-9/h3-6,15H,2,12H2,1H3,(H2,13,17)(H,14,16). The Morgan fingerprint density at radius 1 is 1.59 bits per heavy atom. The highest BCUT2D eigenvalue weighted by atomic mass is 16.1. The van der Waals surface area contributed by atoms with Crippen LogP contribution in [0.1, 0.15) is 13.3 Å². The van der Waals surface area contributed by atoms with Crippen LogP contribution in [0, 0.1) is 0 Å². The van der Waals surface area contributed by atoms with Crippen LogP contribution in [0.15, 0.2) is 18.3 Å². The van der Waals surface area contributed by atoms with Crippen molar-refractivity contribution in [2.24, 2.45) is 5.73 Å². The lowest BCUT2D eigenvalue weighted by atomic mass is 10.1. The molecule has 6 nitrogen and oxygen atoms in total. The molecule has 1 atom stereocenters. The molecule has 0 fully saturated rings. The van der Waals surface area contributed by atoms with E-state index in [1.807, 2.05) is 19.1 Å². The van der Waals surface area contributed by atoms with Crippen molar-refractivity contribution < 1.29 is 4.79 Å². The first-order valence-electron chi connectivity index (χ1n) is 5.33. The van der Waals surface area contributed by atoms with Gasteiger partial charge in [0.1, 0.15) is 0 Å². The smallest absolute Gasteiger partial charge is 0.219 e. The van der Waals surface area contributed by atoms with Crippen molar-refractivity contribution in [3.05, 3.63) is 18.3 Å². The zero-order chi connectivity index (χ0) is 12.4. The molecule has 6 N–H and O–H groups in total. The Balaban J connectivity index is 2.22. The molecule has 0 bridgehead atoms. The van der Waals surface area contributed by atoms with E-state index >= 15 is 0 Å². The second kappa shape index (κ2) is 4.32. The summed E-state index contributed by atoms with van der Waals surface area (Å²) < 4.78 is 0. The molecule has 0 aliphatic carbocycles. The number of hydrogen-bond donors (Lipinski definition) is 4. The van der Waals surface area contributed by atoms with Gasteiger partial charge in [-0.3, -0.25) is 9.89 Å². The Labute approximate surface area is 98.4 Å². The molecule has 0 saturated carbocycles. The van der Waals surface area contributed by atoms with Gasteiger partial charge in [0.15, 0.2) is 0 Å². The normalized spacial score (nSPS) is 12.5. The van der Waals surface area contributed by atoms with Crippen LogP contribution in [-0.4, -0.2) is 22.1 Å². The quantitative estimate of drug-likeness (QED) is 0.586. The van der Waals surface area contributed by atoms with Crippen molar-refractivity contribution in [2.75, 3.05) is 11.1 Å². The SMILES string of the molecule is CC(CC(N)=O)Nc1cc2[nH]ncc2cc1N. The molecular formula is C11H15N5O. The fourth-order valence-electron chi connectivity index (χ4n) is 1.75. The van der Waals surface area contributed by atoms with E-state index in [0.717, 1.165) is 16.6 Å². The predicted molar refractivity (Wildman–Crippen MR) is 67.4 cm³/mol. The number of amides is 1. The van der Waals surface area contributed by atoms with Gasteiger partial charge in [-0.2, -0.15) is 5.10 Å². The van der Waals surface area contributed by atoms with E-state index in [1.165, 1.54) is 0 Å². The van der Waals surface area contributed by atoms with Crippen molar-refractivity contribution in [3.8, 4) is 0 Å². The van der Waals surface area contributed by atoms with E-state index in [0.29, 0.717) is 5.69 Å². The molecule has 1 heterocycles. The number of nitrogens with zero attached hydrogens (tertiary/aromatic N) is 1. The zero-order valence-corrected chi connectivity index (χ0v) is 9.53. The highest BCUT2D eigenvalue weighted by Gasteiger charge is 2.09. The van der Waals surface area contributed by atoms with Crippen molar-refractivity contribution in [1.82, 2.24) is 10.2 Å². The lowest BCUT2D eigenvalue weighted by molar-refractivity contribution is -0.118. The third kappa shape index (κ3) is 2.47. The molecule has 1 aromatic carbocycles. The minimum atomic E-state index is -0.341. The topological polar surface area (TPSA) is 110 Å². The average Bonchev–Trinajstić information content (AvgIpc) is 2.63. The summed E-state index contributed by atoms with van der Waals surface area (Å²) in [5, 5.41) is 10.9. The Bertz CT molecular complexity index is 548. The van der Waals surface area contributed by atoms with E-state index in [2.05, 4.69) is 15.5 Å². The molecule has 2 rings (SSSR count). The van der Waals surface area contributed by atoms with E-state index in [-0.39, 0.29) is 18.4 Å². The number of nitrogen functional groups attached to an aromatic ring is 1. The van der Waals surface area contributed by atoms with Crippen LogP contribution in [0.2, 0.25) is 0 Å². The van der Waals surface area contributed by atoms with Gasteiger partial charge >= 0.3 is 0 Å². The van der Waals surface area contributed by atoms with Crippen LogP contribution in [0.25, 0.3) is 10.9 Å². The molecule has 0 aliphatic rings.